The van der Waals surface area contributed by atoms with Crippen molar-refractivity contribution in [2.75, 3.05) is 10.7 Å². The molecule has 88 valence electrons. The van der Waals surface area contributed by atoms with Crippen LogP contribution in [-0.4, -0.2) is 9.97 Å². The molecule has 0 spiro atoms. The van der Waals surface area contributed by atoms with Gasteiger partial charge in [-0.25, -0.2) is 15.8 Å². The van der Waals surface area contributed by atoms with E-state index in [1.807, 2.05) is 24.3 Å². The van der Waals surface area contributed by atoms with E-state index in [0.29, 0.717) is 18.2 Å². The second-order valence-corrected chi connectivity index (χ2v) is 3.78. The number of hydrogen-bond acceptors (Lipinski definition) is 5. The molecule has 0 bridgehead atoms. The Morgan fingerprint density at radius 3 is 2.71 bits per heavy atom. The zero-order chi connectivity index (χ0) is 12.1. The quantitative estimate of drug-likeness (QED) is 0.571. The van der Waals surface area contributed by atoms with E-state index in [2.05, 4.69) is 20.7 Å². The van der Waals surface area contributed by atoms with Gasteiger partial charge in [0.25, 0.3) is 0 Å². The summed E-state index contributed by atoms with van der Waals surface area (Å²) in [6, 6.07) is 9.36. The first kappa shape index (κ1) is 11.6. The number of nitrogens with two attached hydrogens (primary N) is 1. The van der Waals surface area contributed by atoms with Gasteiger partial charge in [0.2, 0.25) is 0 Å². The number of benzene rings is 1. The molecule has 0 radical (unpaired) electrons. The normalized spacial score (nSPS) is 10.0. The summed E-state index contributed by atoms with van der Waals surface area (Å²) in [5, 5.41) is 3.87. The van der Waals surface area contributed by atoms with Crippen LogP contribution in [0.5, 0.6) is 0 Å². The van der Waals surface area contributed by atoms with Crippen LogP contribution in [0, 0.1) is 0 Å². The Hall–Kier alpha value is -1.85. The highest BCUT2D eigenvalue weighted by molar-refractivity contribution is 6.31. The van der Waals surface area contributed by atoms with Crippen LogP contribution in [0.2, 0.25) is 5.02 Å². The maximum Gasteiger partial charge on any atom is 0.145 e. The minimum absolute atomic E-state index is 0.557. The van der Waals surface area contributed by atoms with E-state index in [-0.39, 0.29) is 0 Å². The van der Waals surface area contributed by atoms with E-state index in [1.54, 1.807) is 6.07 Å². The number of anilines is 2. The third-order valence-electron chi connectivity index (χ3n) is 2.23. The van der Waals surface area contributed by atoms with Gasteiger partial charge in [-0.15, -0.1) is 0 Å². The van der Waals surface area contributed by atoms with Crippen LogP contribution >= 0.6 is 11.6 Å². The lowest BCUT2D eigenvalue weighted by Gasteiger charge is -2.07. The standard InChI is InChI=1S/C11H12ClN5/c12-9-4-2-1-3-8(9)6-14-10-5-11(17-13)16-7-15-10/h1-5,7H,6,13H2,(H2,14,15,16,17). The zero-order valence-electron chi connectivity index (χ0n) is 9.02. The SMILES string of the molecule is NNc1cc(NCc2ccccc2Cl)ncn1. The predicted molar refractivity (Wildman–Crippen MR) is 68.6 cm³/mol. The maximum absolute atomic E-state index is 6.04. The number of halogens is 1. The van der Waals surface area contributed by atoms with Crippen LogP contribution in [0.3, 0.4) is 0 Å². The average molecular weight is 250 g/mol. The third-order valence-corrected chi connectivity index (χ3v) is 2.60. The van der Waals surface area contributed by atoms with Crippen molar-refractivity contribution in [3.8, 4) is 0 Å². The van der Waals surface area contributed by atoms with Gasteiger partial charge in [-0.1, -0.05) is 29.8 Å². The topological polar surface area (TPSA) is 75.9 Å². The second kappa shape index (κ2) is 5.47. The number of rotatable bonds is 4. The molecular weight excluding hydrogens is 238 g/mol. The van der Waals surface area contributed by atoms with E-state index in [1.165, 1.54) is 6.33 Å². The van der Waals surface area contributed by atoms with Gasteiger partial charge in [-0.2, -0.15) is 0 Å². The molecule has 4 N–H and O–H groups in total. The number of hydrogen-bond donors (Lipinski definition) is 3. The summed E-state index contributed by atoms with van der Waals surface area (Å²) in [5.41, 5.74) is 3.47. The highest BCUT2D eigenvalue weighted by Gasteiger charge is 2.00. The molecule has 0 saturated carbocycles. The molecule has 1 heterocycles. The lowest BCUT2D eigenvalue weighted by atomic mass is 10.2. The fourth-order valence-electron chi connectivity index (χ4n) is 1.36. The maximum atomic E-state index is 6.04. The summed E-state index contributed by atoms with van der Waals surface area (Å²) >= 11 is 6.04. The minimum atomic E-state index is 0.557. The molecule has 2 rings (SSSR count). The van der Waals surface area contributed by atoms with Crippen molar-refractivity contribution in [1.29, 1.82) is 0 Å². The van der Waals surface area contributed by atoms with Gasteiger partial charge in [0.1, 0.15) is 18.0 Å². The van der Waals surface area contributed by atoms with Crippen molar-refractivity contribution in [1.82, 2.24) is 9.97 Å². The second-order valence-electron chi connectivity index (χ2n) is 3.38. The molecule has 6 heteroatoms. The van der Waals surface area contributed by atoms with Crippen molar-refractivity contribution in [2.24, 2.45) is 5.84 Å². The van der Waals surface area contributed by atoms with Gasteiger partial charge >= 0.3 is 0 Å². The molecule has 1 aromatic heterocycles. The lowest BCUT2D eigenvalue weighted by molar-refractivity contribution is 1.07. The molecule has 0 aliphatic carbocycles. The van der Waals surface area contributed by atoms with Crippen LogP contribution < -0.4 is 16.6 Å². The van der Waals surface area contributed by atoms with Gasteiger partial charge in [0, 0.05) is 17.6 Å². The fourth-order valence-corrected chi connectivity index (χ4v) is 1.56. The van der Waals surface area contributed by atoms with Gasteiger partial charge in [0.05, 0.1) is 0 Å². The summed E-state index contributed by atoms with van der Waals surface area (Å²) in [4.78, 5) is 7.99. The van der Waals surface area contributed by atoms with Crippen molar-refractivity contribution >= 4 is 23.2 Å². The van der Waals surface area contributed by atoms with Gasteiger partial charge in [0.15, 0.2) is 0 Å². The predicted octanol–water partition coefficient (Wildman–Crippen LogP) is 2.03. The van der Waals surface area contributed by atoms with Crippen LogP contribution in [-0.2, 0) is 6.54 Å². The smallest absolute Gasteiger partial charge is 0.145 e. The Labute approximate surface area is 104 Å². The number of aromatic nitrogens is 2. The summed E-state index contributed by atoms with van der Waals surface area (Å²) < 4.78 is 0. The molecule has 0 saturated heterocycles. The molecule has 0 amide bonds. The molecular formula is C11H12ClN5. The van der Waals surface area contributed by atoms with Gasteiger partial charge in [-0.05, 0) is 11.6 Å². The largest absolute Gasteiger partial charge is 0.366 e. The Morgan fingerprint density at radius 2 is 1.94 bits per heavy atom. The average Bonchev–Trinajstić information content (AvgIpc) is 2.38. The first-order valence-corrected chi connectivity index (χ1v) is 5.43. The van der Waals surface area contributed by atoms with Crippen LogP contribution in [0.1, 0.15) is 5.56 Å². The molecule has 1 aromatic carbocycles. The van der Waals surface area contributed by atoms with Crippen LogP contribution in [0.25, 0.3) is 0 Å². The number of hydrazine groups is 1. The molecule has 0 unspecified atom stereocenters. The Morgan fingerprint density at radius 1 is 1.18 bits per heavy atom. The molecule has 0 aliphatic rings. The zero-order valence-corrected chi connectivity index (χ0v) is 9.78. The lowest BCUT2D eigenvalue weighted by Crippen LogP contribution is -2.10. The molecule has 17 heavy (non-hydrogen) atoms. The highest BCUT2D eigenvalue weighted by atomic mass is 35.5. The van der Waals surface area contributed by atoms with Crippen molar-refractivity contribution in [3.63, 3.8) is 0 Å². The molecule has 0 aliphatic heterocycles. The molecule has 0 fully saturated rings. The van der Waals surface area contributed by atoms with Crippen molar-refractivity contribution in [2.45, 2.75) is 6.54 Å². The van der Waals surface area contributed by atoms with Crippen LogP contribution in [0.15, 0.2) is 36.7 Å². The third kappa shape index (κ3) is 3.05. The van der Waals surface area contributed by atoms with Gasteiger partial charge in [-0.3, -0.25) is 0 Å². The molecule has 0 atom stereocenters. The van der Waals surface area contributed by atoms with E-state index < -0.39 is 0 Å². The van der Waals surface area contributed by atoms with E-state index in [4.69, 9.17) is 17.4 Å². The number of nitrogen functional groups attached to an aromatic ring is 1. The minimum Gasteiger partial charge on any atom is -0.366 e. The van der Waals surface area contributed by atoms with E-state index >= 15 is 0 Å². The molecule has 2 aromatic rings. The summed E-state index contributed by atoms with van der Waals surface area (Å²) in [7, 11) is 0. The first-order chi connectivity index (χ1) is 8.29. The molecule has 5 nitrogen and oxygen atoms in total. The Bertz CT molecular complexity index is 503. The number of nitrogens with one attached hydrogen (secondary N) is 2. The Kier molecular flexibility index (Phi) is 3.74. The monoisotopic (exact) mass is 249 g/mol. The van der Waals surface area contributed by atoms with E-state index in [9.17, 15) is 0 Å². The Balaban J connectivity index is 2.05. The van der Waals surface area contributed by atoms with Crippen LogP contribution in [0.4, 0.5) is 11.6 Å². The van der Waals surface area contributed by atoms with Crippen molar-refractivity contribution < 1.29 is 0 Å². The first-order valence-electron chi connectivity index (χ1n) is 5.05. The fraction of sp³-hybridized carbons (Fsp3) is 0.0909. The summed E-state index contributed by atoms with van der Waals surface area (Å²) in [6.45, 7) is 0.598. The summed E-state index contributed by atoms with van der Waals surface area (Å²) in [6.07, 6.45) is 1.43. The van der Waals surface area contributed by atoms with Crippen molar-refractivity contribution in [3.05, 3.63) is 47.2 Å². The van der Waals surface area contributed by atoms with E-state index in [0.717, 1.165) is 10.6 Å². The summed E-state index contributed by atoms with van der Waals surface area (Å²) in [5.74, 6) is 6.51. The van der Waals surface area contributed by atoms with Gasteiger partial charge < -0.3 is 10.7 Å². The highest BCUT2D eigenvalue weighted by Crippen LogP contribution is 2.16. The number of nitrogens with zero attached hydrogens (tertiary/aromatic N) is 2.